The molecule has 0 spiro atoms. The van der Waals surface area contributed by atoms with Crippen molar-refractivity contribution in [3.8, 4) is 0 Å². The van der Waals surface area contributed by atoms with Crippen LogP contribution in [-0.4, -0.2) is 51.4 Å². The van der Waals surface area contributed by atoms with Gasteiger partial charge in [-0.3, -0.25) is 4.90 Å². The average Bonchev–Trinajstić information content (AvgIpc) is 2.49. The van der Waals surface area contributed by atoms with Crippen molar-refractivity contribution in [2.24, 2.45) is 5.92 Å². The van der Waals surface area contributed by atoms with Gasteiger partial charge in [-0.1, -0.05) is 29.8 Å². The fourth-order valence-electron chi connectivity index (χ4n) is 2.65. The Hall–Kier alpha value is -0.950. The number of nitrogens with zero attached hydrogens (tertiary/aromatic N) is 2. The Morgan fingerprint density at radius 2 is 1.77 bits per heavy atom. The number of rotatable bonds is 6. The fourth-order valence-corrected chi connectivity index (χ4v) is 3.36. The largest absolute Gasteiger partial charge is 0.299 e. The second-order valence-corrected chi connectivity index (χ2v) is 8.31. The molecule has 0 saturated carbocycles. The van der Waals surface area contributed by atoms with Crippen LogP contribution in [0, 0.1) is 12.8 Å². The molecule has 1 fully saturated rings. The molecule has 124 valence electrons. The van der Waals surface area contributed by atoms with Crippen molar-refractivity contribution in [3.05, 3.63) is 35.4 Å². The first kappa shape index (κ1) is 17.4. The minimum Gasteiger partial charge on any atom is -0.299 e. The van der Waals surface area contributed by atoms with E-state index in [-0.39, 0.29) is 0 Å². The van der Waals surface area contributed by atoms with Crippen LogP contribution in [0.2, 0.25) is 0 Å². The number of hydrogen-bond donors (Lipinski definition) is 1. The molecule has 1 heterocycles. The van der Waals surface area contributed by atoms with E-state index < -0.39 is 10.2 Å². The quantitative estimate of drug-likeness (QED) is 0.864. The summed E-state index contributed by atoms with van der Waals surface area (Å²) in [5.74, 6) is 0.434. The highest BCUT2D eigenvalue weighted by Gasteiger charge is 2.21. The van der Waals surface area contributed by atoms with Gasteiger partial charge in [-0.25, -0.2) is 4.72 Å². The third kappa shape index (κ3) is 5.05. The van der Waals surface area contributed by atoms with Gasteiger partial charge in [0.1, 0.15) is 0 Å². The van der Waals surface area contributed by atoms with Gasteiger partial charge in [0, 0.05) is 27.2 Å². The molecule has 1 aliphatic heterocycles. The summed E-state index contributed by atoms with van der Waals surface area (Å²) in [6, 6.07) is 8.68. The van der Waals surface area contributed by atoms with Gasteiger partial charge in [0.05, 0.1) is 0 Å². The summed E-state index contributed by atoms with van der Waals surface area (Å²) in [5.41, 5.74) is 2.63. The average molecular weight is 325 g/mol. The lowest BCUT2D eigenvalue weighted by molar-refractivity contribution is 0.178. The van der Waals surface area contributed by atoms with Gasteiger partial charge >= 0.3 is 0 Å². The summed E-state index contributed by atoms with van der Waals surface area (Å²) in [6.07, 6.45) is 2.09. The summed E-state index contributed by atoms with van der Waals surface area (Å²) in [7, 11) is -0.198. The second kappa shape index (κ2) is 7.55. The molecule has 0 bridgehead atoms. The van der Waals surface area contributed by atoms with E-state index in [4.69, 9.17) is 0 Å². The number of likely N-dealkylation sites (tertiary alicyclic amines) is 1. The SMILES string of the molecule is Cc1ccc(CN2CCC(CNS(=O)(=O)N(C)C)CC2)cc1. The Morgan fingerprint density at radius 1 is 1.18 bits per heavy atom. The van der Waals surface area contributed by atoms with E-state index in [9.17, 15) is 8.42 Å². The van der Waals surface area contributed by atoms with Crippen molar-refractivity contribution in [1.29, 1.82) is 0 Å². The van der Waals surface area contributed by atoms with Crippen molar-refractivity contribution in [2.45, 2.75) is 26.3 Å². The molecule has 0 atom stereocenters. The van der Waals surface area contributed by atoms with Crippen LogP contribution in [0.3, 0.4) is 0 Å². The molecular weight excluding hydrogens is 298 g/mol. The molecule has 1 aromatic carbocycles. The molecule has 0 aliphatic carbocycles. The molecule has 5 nitrogen and oxygen atoms in total. The highest BCUT2D eigenvalue weighted by atomic mass is 32.2. The first-order valence-electron chi connectivity index (χ1n) is 7.82. The maximum Gasteiger partial charge on any atom is 0.278 e. The van der Waals surface area contributed by atoms with E-state index in [2.05, 4.69) is 40.8 Å². The van der Waals surface area contributed by atoms with E-state index in [0.717, 1.165) is 32.5 Å². The van der Waals surface area contributed by atoms with Crippen molar-refractivity contribution >= 4 is 10.2 Å². The molecule has 1 saturated heterocycles. The van der Waals surface area contributed by atoms with Gasteiger partial charge in [-0.15, -0.1) is 0 Å². The van der Waals surface area contributed by atoms with E-state index >= 15 is 0 Å². The van der Waals surface area contributed by atoms with Gasteiger partial charge < -0.3 is 0 Å². The number of benzene rings is 1. The number of aryl methyl sites for hydroxylation is 1. The topological polar surface area (TPSA) is 52.7 Å². The fraction of sp³-hybridized carbons (Fsp3) is 0.625. The Bertz CT molecular complexity index is 562. The highest BCUT2D eigenvalue weighted by Crippen LogP contribution is 2.19. The lowest BCUT2D eigenvalue weighted by Crippen LogP contribution is -2.41. The molecule has 6 heteroatoms. The van der Waals surface area contributed by atoms with Crippen LogP contribution in [0.15, 0.2) is 24.3 Å². The maximum absolute atomic E-state index is 11.7. The number of piperidine rings is 1. The molecule has 0 aromatic heterocycles. The molecule has 1 aliphatic rings. The third-order valence-electron chi connectivity index (χ3n) is 4.27. The zero-order chi connectivity index (χ0) is 16.2. The standard InChI is InChI=1S/C16H27N3O2S/c1-14-4-6-16(7-5-14)13-19-10-8-15(9-11-19)12-17-22(20,21)18(2)3/h4-7,15,17H,8-13H2,1-3H3. The van der Waals surface area contributed by atoms with Gasteiger partial charge in [-0.05, 0) is 44.3 Å². The monoisotopic (exact) mass is 325 g/mol. The van der Waals surface area contributed by atoms with Gasteiger partial charge in [-0.2, -0.15) is 12.7 Å². The minimum absolute atomic E-state index is 0.434. The Kier molecular flexibility index (Phi) is 5.97. The minimum atomic E-state index is -3.29. The predicted molar refractivity (Wildman–Crippen MR) is 89.8 cm³/mol. The number of nitrogens with one attached hydrogen (secondary N) is 1. The third-order valence-corrected chi connectivity index (χ3v) is 5.76. The lowest BCUT2D eigenvalue weighted by Gasteiger charge is -2.32. The molecule has 2 rings (SSSR count). The summed E-state index contributed by atoms with van der Waals surface area (Å²) in [5, 5.41) is 0. The molecule has 1 N–H and O–H groups in total. The van der Waals surface area contributed by atoms with E-state index in [1.54, 1.807) is 14.1 Å². The highest BCUT2D eigenvalue weighted by molar-refractivity contribution is 7.87. The second-order valence-electron chi connectivity index (χ2n) is 6.34. The van der Waals surface area contributed by atoms with Crippen LogP contribution in [-0.2, 0) is 16.8 Å². The summed E-state index contributed by atoms with van der Waals surface area (Å²) < 4.78 is 27.3. The molecule has 22 heavy (non-hydrogen) atoms. The Morgan fingerprint density at radius 3 is 2.32 bits per heavy atom. The first-order valence-corrected chi connectivity index (χ1v) is 9.26. The predicted octanol–water partition coefficient (Wildman–Crippen LogP) is 1.60. The van der Waals surface area contributed by atoms with Crippen LogP contribution >= 0.6 is 0 Å². The maximum atomic E-state index is 11.7. The molecule has 1 aromatic rings. The summed E-state index contributed by atoms with van der Waals surface area (Å²) in [4.78, 5) is 2.45. The van der Waals surface area contributed by atoms with Crippen molar-refractivity contribution in [1.82, 2.24) is 13.9 Å². The van der Waals surface area contributed by atoms with Crippen LogP contribution < -0.4 is 4.72 Å². The summed E-state index contributed by atoms with van der Waals surface area (Å²) in [6.45, 7) is 5.68. The van der Waals surface area contributed by atoms with E-state index in [1.165, 1.54) is 15.4 Å². The van der Waals surface area contributed by atoms with E-state index in [1.807, 2.05) is 0 Å². The van der Waals surface area contributed by atoms with Gasteiger partial charge in [0.15, 0.2) is 0 Å². The smallest absolute Gasteiger partial charge is 0.278 e. The Balaban J connectivity index is 1.75. The lowest BCUT2D eigenvalue weighted by atomic mass is 9.97. The van der Waals surface area contributed by atoms with Crippen LogP contribution in [0.1, 0.15) is 24.0 Å². The van der Waals surface area contributed by atoms with Crippen LogP contribution in [0.25, 0.3) is 0 Å². The normalized spacial score (nSPS) is 18.0. The van der Waals surface area contributed by atoms with Gasteiger partial charge in [0.2, 0.25) is 0 Å². The molecular formula is C16H27N3O2S. The number of hydrogen-bond acceptors (Lipinski definition) is 3. The van der Waals surface area contributed by atoms with Crippen molar-refractivity contribution in [3.63, 3.8) is 0 Å². The Labute approximate surface area is 134 Å². The molecule has 0 amide bonds. The summed E-state index contributed by atoms with van der Waals surface area (Å²) >= 11 is 0. The van der Waals surface area contributed by atoms with Crippen LogP contribution in [0.5, 0.6) is 0 Å². The zero-order valence-corrected chi connectivity index (χ0v) is 14.6. The first-order chi connectivity index (χ1) is 10.4. The van der Waals surface area contributed by atoms with Crippen molar-refractivity contribution in [2.75, 3.05) is 33.7 Å². The van der Waals surface area contributed by atoms with E-state index in [0.29, 0.717) is 12.5 Å². The van der Waals surface area contributed by atoms with Gasteiger partial charge in [0.25, 0.3) is 10.2 Å². The molecule has 0 unspecified atom stereocenters. The van der Waals surface area contributed by atoms with Crippen molar-refractivity contribution < 1.29 is 8.42 Å². The zero-order valence-electron chi connectivity index (χ0n) is 13.7. The molecule has 0 radical (unpaired) electrons. The van der Waals surface area contributed by atoms with Crippen LogP contribution in [0.4, 0.5) is 0 Å².